The number of carbonyl (C=O) groups excluding carboxylic acids is 3. The van der Waals surface area contributed by atoms with Gasteiger partial charge in [0.25, 0.3) is 5.91 Å². The lowest BCUT2D eigenvalue weighted by Crippen LogP contribution is -2.41. The quantitative estimate of drug-likeness (QED) is 0.786. The fourth-order valence-electron chi connectivity index (χ4n) is 4.46. The van der Waals surface area contributed by atoms with Crippen LogP contribution < -0.4 is 5.32 Å². The highest BCUT2D eigenvalue weighted by molar-refractivity contribution is 6.06. The predicted octanol–water partition coefficient (Wildman–Crippen LogP) is 1.39. The molecule has 1 unspecified atom stereocenters. The van der Waals surface area contributed by atoms with Crippen LogP contribution in [-0.2, 0) is 22.6 Å². The number of likely N-dealkylation sites (tertiary alicyclic amines) is 1. The SMILES string of the molecule is CC1(C)NC(=O)N(CCC(=O)N2CCCC2c2nnc3n2CCCCC3)C1=O. The Labute approximate surface area is 164 Å². The van der Waals surface area contributed by atoms with Crippen LogP contribution in [0.5, 0.6) is 0 Å². The van der Waals surface area contributed by atoms with Crippen molar-refractivity contribution in [3.63, 3.8) is 0 Å². The second-order valence-corrected chi connectivity index (χ2v) is 8.44. The standard InChI is InChI=1S/C19H28N6O3/c1-19(2)17(27)25(18(28)20-19)12-9-15(26)23-11-6-7-13(23)16-22-21-14-8-4-3-5-10-24(14)16/h13H,3-12H2,1-2H3,(H,20,28). The van der Waals surface area contributed by atoms with Crippen LogP contribution in [0.3, 0.4) is 0 Å². The molecular formula is C19H28N6O3. The zero-order valence-corrected chi connectivity index (χ0v) is 16.6. The molecule has 0 aliphatic carbocycles. The second kappa shape index (κ2) is 7.18. The molecule has 1 N–H and O–H groups in total. The van der Waals surface area contributed by atoms with Crippen molar-refractivity contribution < 1.29 is 14.4 Å². The van der Waals surface area contributed by atoms with Crippen molar-refractivity contribution in [3.8, 4) is 0 Å². The first kappa shape index (κ1) is 18.9. The van der Waals surface area contributed by atoms with E-state index in [0.717, 1.165) is 55.2 Å². The maximum atomic E-state index is 12.9. The summed E-state index contributed by atoms with van der Waals surface area (Å²) in [7, 11) is 0. The highest BCUT2D eigenvalue weighted by Crippen LogP contribution is 2.33. The Kier molecular flexibility index (Phi) is 4.84. The first-order valence-corrected chi connectivity index (χ1v) is 10.2. The molecule has 4 rings (SSSR count). The lowest BCUT2D eigenvalue weighted by atomic mass is 10.1. The summed E-state index contributed by atoms with van der Waals surface area (Å²) in [6, 6.07) is -0.491. The molecule has 3 aliphatic heterocycles. The molecule has 4 heterocycles. The van der Waals surface area contributed by atoms with E-state index >= 15 is 0 Å². The first-order chi connectivity index (χ1) is 13.4. The van der Waals surface area contributed by atoms with Crippen molar-refractivity contribution in [3.05, 3.63) is 11.6 Å². The van der Waals surface area contributed by atoms with Crippen LogP contribution in [0.15, 0.2) is 0 Å². The Bertz CT molecular complexity index is 802. The highest BCUT2D eigenvalue weighted by atomic mass is 16.2. The van der Waals surface area contributed by atoms with Crippen molar-refractivity contribution in [1.29, 1.82) is 0 Å². The second-order valence-electron chi connectivity index (χ2n) is 8.44. The van der Waals surface area contributed by atoms with Crippen LogP contribution in [0.2, 0.25) is 0 Å². The highest BCUT2D eigenvalue weighted by Gasteiger charge is 2.44. The third kappa shape index (κ3) is 3.27. The smallest absolute Gasteiger partial charge is 0.325 e. The fourth-order valence-corrected chi connectivity index (χ4v) is 4.46. The summed E-state index contributed by atoms with van der Waals surface area (Å²) in [6.45, 7) is 5.03. The number of imide groups is 1. The van der Waals surface area contributed by atoms with Crippen molar-refractivity contribution in [2.45, 2.75) is 76.9 Å². The summed E-state index contributed by atoms with van der Waals surface area (Å²) < 4.78 is 2.20. The van der Waals surface area contributed by atoms with Gasteiger partial charge < -0.3 is 14.8 Å². The van der Waals surface area contributed by atoms with Crippen molar-refractivity contribution in [1.82, 2.24) is 29.9 Å². The number of aromatic nitrogens is 3. The average molecular weight is 388 g/mol. The monoisotopic (exact) mass is 388 g/mol. The Balaban J connectivity index is 1.44. The summed E-state index contributed by atoms with van der Waals surface area (Å²) in [5.41, 5.74) is -0.907. The molecule has 1 aromatic heterocycles. The number of fused-ring (bicyclic) bond motifs is 1. The average Bonchev–Trinajstić information content (AvgIpc) is 3.27. The predicted molar refractivity (Wildman–Crippen MR) is 100 cm³/mol. The number of nitrogens with zero attached hydrogens (tertiary/aromatic N) is 5. The van der Waals surface area contributed by atoms with Crippen LogP contribution in [0.4, 0.5) is 4.79 Å². The number of amides is 4. The van der Waals surface area contributed by atoms with E-state index in [1.807, 2.05) is 4.90 Å². The van der Waals surface area contributed by atoms with E-state index in [4.69, 9.17) is 0 Å². The minimum Gasteiger partial charge on any atom is -0.332 e. The largest absolute Gasteiger partial charge is 0.332 e. The number of urea groups is 1. The molecule has 28 heavy (non-hydrogen) atoms. The number of rotatable bonds is 4. The van der Waals surface area contributed by atoms with Gasteiger partial charge in [0, 0.05) is 32.5 Å². The minimum absolute atomic E-state index is 0.0428. The van der Waals surface area contributed by atoms with Gasteiger partial charge in [-0.1, -0.05) is 6.42 Å². The fraction of sp³-hybridized carbons (Fsp3) is 0.737. The summed E-state index contributed by atoms with van der Waals surface area (Å²) in [5, 5.41) is 11.4. The van der Waals surface area contributed by atoms with E-state index in [-0.39, 0.29) is 30.8 Å². The van der Waals surface area contributed by atoms with Crippen LogP contribution in [0.25, 0.3) is 0 Å². The molecule has 3 aliphatic rings. The Hall–Kier alpha value is -2.45. The molecule has 0 aromatic carbocycles. The van der Waals surface area contributed by atoms with Gasteiger partial charge in [0.2, 0.25) is 5.91 Å². The van der Waals surface area contributed by atoms with Crippen molar-refractivity contribution in [2.24, 2.45) is 0 Å². The van der Waals surface area contributed by atoms with E-state index in [9.17, 15) is 14.4 Å². The van der Waals surface area contributed by atoms with Crippen molar-refractivity contribution >= 4 is 17.8 Å². The normalized spacial score (nSPS) is 24.3. The molecular weight excluding hydrogens is 360 g/mol. The van der Waals surface area contributed by atoms with Crippen LogP contribution in [0.1, 0.15) is 70.1 Å². The van der Waals surface area contributed by atoms with Gasteiger partial charge >= 0.3 is 6.03 Å². The Morgan fingerprint density at radius 3 is 2.71 bits per heavy atom. The lowest BCUT2D eigenvalue weighted by molar-refractivity contribution is -0.134. The summed E-state index contributed by atoms with van der Waals surface area (Å²) >= 11 is 0. The number of hydrogen-bond acceptors (Lipinski definition) is 5. The van der Waals surface area contributed by atoms with Crippen LogP contribution in [-0.4, -0.2) is 61.0 Å². The molecule has 0 spiro atoms. The Morgan fingerprint density at radius 2 is 1.96 bits per heavy atom. The van der Waals surface area contributed by atoms with Gasteiger partial charge in [0.15, 0.2) is 5.82 Å². The third-order valence-corrected chi connectivity index (χ3v) is 6.00. The minimum atomic E-state index is -0.907. The van der Waals surface area contributed by atoms with Crippen LogP contribution in [0, 0.1) is 0 Å². The van der Waals surface area contributed by atoms with Crippen molar-refractivity contribution in [2.75, 3.05) is 13.1 Å². The lowest BCUT2D eigenvalue weighted by Gasteiger charge is -2.25. The third-order valence-electron chi connectivity index (χ3n) is 6.00. The Morgan fingerprint density at radius 1 is 1.14 bits per heavy atom. The maximum absolute atomic E-state index is 12.9. The molecule has 2 saturated heterocycles. The molecule has 152 valence electrons. The van der Waals surface area contributed by atoms with E-state index in [2.05, 4.69) is 20.1 Å². The molecule has 9 heteroatoms. The van der Waals surface area contributed by atoms with Gasteiger partial charge in [-0.05, 0) is 39.5 Å². The van der Waals surface area contributed by atoms with Gasteiger partial charge in [-0.25, -0.2) is 4.79 Å². The summed E-state index contributed by atoms with van der Waals surface area (Å²) in [5.74, 6) is 1.58. The van der Waals surface area contributed by atoms with Gasteiger partial charge in [-0.2, -0.15) is 0 Å². The number of carbonyl (C=O) groups is 3. The topological polar surface area (TPSA) is 100 Å². The maximum Gasteiger partial charge on any atom is 0.325 e. The molecule has 0 saturated carbocycles. The molecule has 2 fully saturated rings. The van der Waals surface area contributed by atoms with E-state index in [1.165, 1.54) is 6.42 Å². The summed E-state index contributed by atoms with van der Waals surface area (Å²) in [6.07, 6.45) is 6.31. The zero-order chi connectivity index (χ0) is 19.9. The number of aryl methyl sites for hydroxylation is 1. The summed E-state index contributed by atoms with van der Waals surface area (Å²) in [4.78, 5) is 40.3. The van der Waals surface area contributed by atoms with Gasteiger partial charge in [-0.15, -0.1) is 10.2 Å². The molecule has 0 bridgehead atoms. The van der Waals surface area contributed by atoms with Gasteiger partial charge in [-0.3, -0.25) is 14.5 Å². The van der Waals surface area contributed by atoms with E-state index in [1.54, 1.807) is 13.8 Å². The molecule has 9 nitrogen and oxygen atoms in total. The van der Waals surface area contributed by atoms with Crippen LogP contribution >= 0.6 is 0 Å². The van der Waals surface area contributed by atoms with E-state index in [0.29, 0.717) is 6.54 Å². The van der Waals surface area contributed by atoms with E-state index < -0.39 is 11.6 Å². The first-order valence-electron chi connectivity index (χ1n) is 10.2. The number of nitrogens with one attached hydrogen (secondary N) is 1. The molecule has 1 aromatic rings. The molecule has 0 radical (unpaired) electrons. The van der Waals surface area contributed by atoms with Gasteiger partial charge in [0.05, 0.1) is 6.04 Å². The number of hydrogen-bond donors (Lipinski definition) is 1. The molecule has 4 amide bonds. The van der Waals surface area contributed by atoms with Gasteiger partial charge in [0.1, 0.15) is 11.4 Å². The zero-order valence-electron chi connectivity index (χ0n) is 16.6. The molecule has 1 atom stereocenters.